The predicted molar refractivity (Wildman–Crippen MR) is 65.2 cm³/mol. The summed E-state index contributed by atoms with van der Waals surface area (Å²) >= 11 is 3.37. The van der Waals surface area contributed by atoms with Crippen LogP contribution < -0.4 is 0 Å². The van der Waals surface area contributed by atoms with Gasteiger partial charge in [0.25, 0.3) is 5.91 Å². The number of carbonyl (C=O) groups excluding carboxylic acids is 1. The van der Waals surface area contributed by atoms with Crippen molar-refractivity contribution in [3.8, 4) is 0 Å². The number of likely N-dealkylation sites (tertiary alicyclic amines) is 1. The quantitative estimate of drug-likeness (QED) is 0.792. The molecule has 0 aromatic carbocycles. The van der Waals surface area contributed by atoms with E-state index in [1.54, 1.807) is 17.9 Å². The van der Waals surface area contributed by atoms with Crippen molar-refractivity contribution < 1.29 is 4.79 Å². The van der Waals surface area contributed by atoms with E-state index in [4.69, 9.17) is 0 Å². The van der Waals surface area contributed by atoms with E-state index in [0.29, 0.717) is 11.6 Å². The Morgan fingerprint density at radius 1 is 1.62 bits per heavy atom. The number of halogens is 1. The van der Waals surface area contributed by atoms with E-state index in [1.165, 1.54) is 6.42 Å². The van der Waals surface area contributed by atoms with Crippen LogP contribution in [0.15, 0.2) is 10.7 Å². The molecule has 5 heteroatoms. The Labute approximate surface area is 104 Å². The number of rotatable bonds is 1. The minimum atomic E-state index is 0.0819. The molecule has 1 aliphatic heterocycles. The first-order valence-corrected chi connectivity index (χ1v) is 6.35. The fraction of sp³-hybridized carbons (Fsp3) is 0.636. The topological polar surface area (TPSA) is 38.1 Å². The molecule has 1 aromatic rings. The molecule has 1 atom stereocenters. The number of nitrogens with zero attached hydrogens (tertiary/aromatic N) is 3. The molecule has 1 fully saturated rings. The monoisotopic (exact) mass is 285 g/mol. The first-order valence-electron chi connectivity index (χ1n) is 5.56. The van der Waals surface area contributed by atoms with Gasteiger partial charge in [-0.25, -0.2) is 0 Å². The Bertz CT molecular complexity index is 382. The van der Waals surface area contributed by atoms with E-state index in [1.807, 2.05) is 4.90 Å². The normalized spacial score (nSPS) is 21.2. The van der Waals surface area contributed by atoms with Crippen molar-refractivity contribution in [2.75, 3.05) is 13.1 Å². The zero-order valence-electron chi connectivity index (χ0n) is 9.61. The van der Waals surface area contributed by atoms with Gasteiger partial charge in [0.05, 0.1) is 10.7 Å². The highest BCUT2D eigenvalue weighted by molar-refractivity contribution is 9.10. The number of hydrogen-bond donors (Lipinski definition) is 0. The molecule has 0 saturated carbocycles. The number of amides is 1. The summed E-state index contributed by atoms with van der Waals surface area (Å²) < 4.78 is 2.41. The van der Waals surface area contributed by atoms with E-state index in [0.717, 1.165) is 24.0 Å². The molecule has 0 spiro atoms. The third kappa shape index (κ3) is 2.14. The van der Waals surface area contributed by atoms with Crippen molar-refractivity contribution in [2.24, 2.45) is 13.0 Å². The van der Waals surface area contributed by atoms with Gasteiger partial charge < -0.3 is 4.90 Å². The first-order chi connectivity index (χ1) is 7.59. The molecule has 1 aromatic heterocycles. The fourth-order valence-corrected chi connectivity index (χ4v) is 2.69. The maximum Gasteiger partial charge on any atom is 0.273 e. The second-order valence-corrected chi connectivity index (χ2v) is 5.32. The van der Waals surface area contributed by atoms with Crippen LogP contribution in [0.1, 0.15) is 30.3 Å². The van der Waals surface area contributed by atoms with Gasteiger partial charge in [-0.2, -0.15) is 5.10 Å². The van der Waals surface area contributed by atoms with E-state index >= 15 is 0 Å². The van der Waals surface area contributed by atoms with Crippen LogP contribution in [0.2, 0.25) is 0 Å². The maximum absolute atomic E-state index is 12.3. The summed E-state index contributed by atoms with van der Waals surface area (Å²) in [6.45, 7) is 3.91. The molecule has 0 radical (unpaired) electrons. The van der Waals surface area contributed by atoms with Gasteiger partial charge in [0.15, 0.2) is 0 Å². The molecular weight excluding hydrogens is 270 g/mol. The van der Waals surface area contributed by atoms with Crippen LogP contribution in [0, 0.1) is 5.92 Å². The van der Waals surface area contributed by atoms with Gasteiger partial charge in [-0.3, -0.25) is 9.48 Å². The van der Waals surface area contributed by atoms with E-state index in [2.05, 4.69) is 28.0 Å². The van der Waals surface area contributed by atoms with E-state index < -0.39 is 0 Å². The third-order valence-corrected chi connectivity index (χ3v) is 3.62. The highest BCUT2D eigenvalue weighted by Crippen LogP contribution is 2.21. The molecule has 16 heavy (non-hydrogen) atoms. The summed E-state index contributed by atoms with van der Waals surface area (Å²) in [6.07, 6.45) is 3.99. The zero-order chi connectivity index (χ0) is 11.7. The van der Waals surface area contributed by atoms with Crippen molar-refractivity contribution in [1.82, 2.24) is 14.7 Å². The number of piperidine rings is 1. The van der Waals surface area contributed by atoms with Crippen LogP contribution in [0.3, 0.4) is 0 Å². The van der Waals surface area contributed by atoms with Gasteiger partial charge >= 0.3 is 0 Å². The molecule has 2 rings (SSSR count). The van der Waals surface area contributed by atoms with Crippen LogP contribution in [0.5, 0.6) is 0 Å². The van der Waals surface area contributed by atoms with Crippen LogP contribution in [0.4, 0.5) is 0 Å². The number of aryl methyl sites for hydroxylation is 1. The highest BCUT2D eigenvalue weighted by Gasteiger charge is 2.25. The summed E-state index contributed by atoms with van der Waals surface area (Å²) in [7, 11) is 1.80. The van der Waals surface area contributed by atoms with Crippen molar-refractivity contribution in [1.29, 1.82) is 0 Å². The lowest BCUT2D eigenvalue weighted by Crippen LogP contribution is -2.40. The zero-order valence-corrected chi connectivity index (χ0v) is 11.2. The molecule has 1 amide bonds. The Hall–Kier alpha value is -0.840. The molecule has 0 bridgehead atoms. The van der Waals surface area contributed by atoms with Crippen LogP contribution in [-0.4, -0.2) is 33.7 Å². The molecule has 1 saturated heterocycles. The second kappa shape index (κ2) is 4.57. The highest BCUT2D eigenvalue weighted by atomic mass is 79.9. The smallest absolute Gasteiger partial charge is 0.273 e. The van der Waals surface area contributed by atoms with Crippen LogP contribution in [0.25, 0.3) is 0 Å². The molecule has 88 valence electrons. The van der Waals surface area contributed by atoms with Crippen molar-refractivity contribution >= 4 is 21.8 Å². The van der Waals surface area contributed by atoms with Gasteiger partial charge in [0.1, 0.15) is 5.69 Å². The SMILES string of the molecule is C[C@H]1CCCN(C(=O)c2c(Br)cnn2C)C1. The second-order valence-electron chi connectivity index (χ2n) is 4.46. The molecule has 0 unspecified atom stereocenters. The largest absolute Gasteiger partial charge is 0.337 e. The van der Waals surface area contributed by atoms with E-state index in [9.17, 15) is 4.79 Å². The third-order valence-electron chi connectivity index (χ3n) is 3.04. The molecule has 1 aliphatic rings. The number of aromatic nitrogens is 2. The Morgan fingerprint density at radius 3 is 2.94 bits per heavy atom. The minimum absolute atomic E-state index is 0.0819. The van der Waals surface area contributed by atoms with Crippen molar-refractivity contribution in [3.05, 3.63) is 16.4 Å². The van der Waals surface area contributed by atoms with Gasteiger partial charge in [-0.05, 0) is 34.7 Å². The standard InChI is InChI=1S/C11H16BrN3O/c1-8-4-3-5-15(7-8)11(16)10-9(12)6-13-14(10)2/h6,8H,3-5,7H2,1-2H3/t8-/m0/s1. The summed E-state index contributed by atoms with van der Waals surface area (Å²) in [6, 6.07) is 0. The summed E-state index contributed by atoms with van der Waals surface area (Å²) in [5.74, 6) is 0.683. The van der Waals surface area contributed by atoms with Crippen molar-refractivity contribution in [2.45, 2.75) is 19.8 Å². The average Bonchev–Trinajstić information content (AvgIpc) is 2.58. The Kier molecular flexibility index (Phi) is 3.33. The lowest BCUT2D eigenvalue weighted by Gasteiger charge is -2.30. The van der Waals surface area contributed by atoms with Gasteiger partial charge in [0, 0.05) is 20.1 Å². The lowest BCUT2D eigenvalue weighted by molar-refractivity contribution is 0.0671. The Balaban J connectivity index is 2.18. The summed E-state index contributed by atoms with van der Waals surface area (Å²) in [4.78, 5) is 14.2. The van der Waals surface area contributed by atoms with Crippen LogP contribution >= 0.6 is 15.9 Å². The summed E-state index contributed by atoms with van der Waals surface area (Å²) in [5.41, 5.74) is 0.647. The van der Waals surface area contributed by atoms with Crippen LogP contribution in [-0.2, 0) is 7.05 Å². The molecule has 2 heterocycles. The van der Waals surface area contributed by atoms with Crippen molar-refractivity contribution in [3.63, 3.8) is 0 Å². The lowest BCUT2D eigenvalue weighted by atomic mass is 10.00. The molecule has 0 N–H and O–H groups in total. The van der Waals surface area contributed by atoms with Gasteiger partial charge in [-0.1, -0.05) is 6.92 Å². The number of carbonyl (C=O) groups is 1. The van der Waals surface area contributed by atoms with E-state index in [-0.39, 0.29) is 5.91 Å². The number of hydrogen-bond acceptors (Lipinski definition) is 2. The fourth-order valence-electron chi connectivity index (χ4n) is 2.17. The maximum atomic E-state index is 12.3. The average molecular weight is 286 g/mol. The predicted octanol–water partition coefficient (Wildman–Crippen LogP) is 2.05. The minimum Gasteiger partial charge on any atom is -0.337 e. The molecule has 4 nitrogen and oxygen atoms in total. The Morgan fingerprint density at radius 2 is 2.38 bits per heavy atom. The van der Waals surface area contributed by atoms with Gasteiger partial charge in [-0.15, -0.1) is 0 Å². The molecular formula is C11H16BrN3O. The first kappa shape index (κ1) is 11.6. The summed E-state index contributed by atoms with van der Waals surface area (Å²) in [5, 5.41) is 4.07. The van der Waals surface area contributed by atoms with Gasteiger partial charge in [0.2, 0.25) is 0 Å². The molecule has 0 aliphatic carbocycles.